The molecule has 2 aromatic rings. The minimum absolute atomic E-state index is 0.0218. The summed E-state index contributed by atoms with van der Waals surface area (Å²) < 4.78 is 34.3. The first-order valence-electron chi connectivity index (χ1n) is 7.47. The van der Waals surface area contributed by atoms with Crippen molar-refractivity contribution in [2.45, 2.75) is 4.90 Å². The van der Waals surface area contributed by atoms with Crippen molar-refractivity contribution in [2.75, 3.05) is 31.2 Å². The van der Waals surface area contributed by atoms with Crippen LogP contribution in [0.4, 0.5) is 20.9 Å². The monoisotopic (exact) mass is 367 g/mol. The molecule has 0 unspecified atom stereocenters. The molecule has 0 radical (unpaired) electrons. The van der Waals surface area contributed by atoms with Gasteiger partial charge in [-0.3, -0.25) is 0 Å². The van der Waals surface area contributed by atoms with Crippen LogP contribution in [0.15, 0.2) is 63.7 Å². The molecule has 25 heavy (non-hydrogen) atoms. The third kappa shape index (κ3) is 5.59. The smallest absolute Gasteiger partial charge is 0.332 e. The van der Waals surface area contributed by atoms with Gasteiger partial charge in [-0.25, -0.2) is 0 Å². The molecule has 0 aromatic heterocycles. The van der Waals surface area contributed by atoms with Gasteiger partial charge >= 0.3 is 10.2 Å². The lowest BCUT2D eigenvalue weighted by Crippen LogP contribution is -2.29. The van der Waals surface area contributed by atoms with Crippen LogP contribution in [0.2, 0.25) is 0 Å². The lowest BCUT2D eigenvalue weighted by Gasteiger charge is -2.22. The van der Waals surface area contributed by atoms with Crippen molar-refractivity contribution in [3.05, 3.63) is 48.5 Å². The fourth-order valence-corrected chi connectivity index (χ4v) is 2.59. The van der Waals surface area contributed by atoms with Crippen LogP contribution in [0.3, 0.4) is 0 Å². The number of hydrogen-bond donors (Lipinski definition) is 2. The lowest BCUT2D eigenvalue weighted by atomic mass is 10.2. The van der Waals surface area contributed by atoms with E-state index in [-0.39, 0.29) is 13.2 Å². The Balaban J connectivity index is 2.08. The van der Waals surface area contributed by atoms with Gasteiger partial charge in [0.2, 0.25) is 0 Å². The maximum atomic E-state index is 12.8. The van der Waals surface area contributed by atoms with Crippen LogP contribution in [0.5, 0.6) is 0 Å². The summed E-state index contributed by atoms with van der Waals surface area (Å²) in [6, 6.07) is 12.0. The summed E-state index contributed by atoms with van der Waals surface area (Å²) in [6.07, 6.45) is 0. The number of hydrogen-bond acceptors (Lipinski definition) is 7. The van der Waals surface area contributed by atoms with Crippen molar-refractivity contribution in [3.8, 4) is 0 Å². The standard InChI is InChI=1S/C16H18FN3O4S/c17-25(23,24)16-7-3-14(4-8-16)19-18-13-1-5-15(6-2-13)20(9-11-21)10-12-22/h1-8,21-22H,9-12H2. The van der Waals surface area contributed by atoms with E-state index in [4.69, 9.17) is 10.2 Å². The van der Waals surface area contributed by atoms with Crippen LogP contribution in [-0.2, 0) is 10.2 Å². The summed E-state index contributed by atoms with van der Waals surface area (Å²) >= 11 is 0. The van der Waals surface area contributed by atoms with Gasteiger partial charge in [0.05, 0.1) is 29.5 Å². The number of anilines is 1. The summed E-state index contributed by atoms with van der Waals surface area (Å²) in [4.78, 5) is 1.40. The van der Waals surface area contributed by atoms with Gasteiger partial charge in [-0.2, -0.15) is 18.6 Å². The Morgan fingerprint density at radius 1 is 0.840 bits per heavy atom. The van der Waals surface area contributed by atoms with Crippen molar-refractivity contribution in [1.29, 1.82) is 0 Å². The minimum atomic E-state index is -4.72. The molecule has 2 aromatic carbocycles. The van der Waals surface area contributed by atoms with Crippen LogP contribution in [0, 0.1) is 0 Å². The van der Waals surface area contributed by atoms with Crippen LogP contribution in [0.1, 0.15) is 0 Å². The highest BCUT2D eigenvalue weighted by Crippen LogP contribution is 2.23. The van der Waals surface area contributed by atoms with Crippen molar-refractivity contribution in [2.24, 2.45) is 10.2 Å². The summed E-state index contributed by atoms with van der Waals surface area (Å²) in [5.74, 6) is 0. The van der Waals surface area contributed by atoms with Crippen molar-refractivity contribution < 1.29 is 22.5 Å². The van der Waals surface area contributed by atoms with Gasteiger partial charge in [-0.1, -0.05) is 0 Å². The first kappa shape index (κ1) is 19.0. The zero-order valence-electron chi connectivity index (χ0n) is 13.3. The summed E-state index contributed by atoms with van der Waals surface area (Å²) in [5, 5.41) is 26.1. The highest BCUT2D eigenvalue weighted by molar-refractivity contribution is 7.86. The lowest BCUT2D eigenvalue weighted by molar-refractivity contribution is 0.281. The van der Waals surface area contributed by atoms with Gasteiger partial charge in [0, 0.05) is 18.8 Å². The molecule has 7 nitrogen and oxygen atoms in total. The molecular weight excluding hydrogens is 349 g/mol. The van der Waals surface area contributed by atoms with E-state index in [1.807, 2.05) is 4.90 Å². The van der Waals surface area contributed by atoms with Gasteiger partial charge < -0.3 is 15.1 Å². The zero-order chi connectivity index (χ0) is 18.3. The van der Waals surface area contributed by atoms with E-state index in [0.717, 1.165) is 17.8 Å². The minimum Gasteiger partial charge on any atom is -0.395 e. The summed E-state index contributed by atoms with van der Waals surface area (Å²) in [6.45, 7) is 0.772. The van der Waals surface area contributed by atoms with E-state index < -0.39 is 15.1 Å². The topological polar surface area (TPSA) is 103 Å². The average molecular weight is 367 g/mol. The first-order chi connectivity index (χ1) is 11.9. The van der Waals surface area contributed by atoms with E-state index in [1.165, 1.54) is 12.1 Å². The SMILES string of the molecule is O=S(=O)(F)c1ccc(N=Nc2ccc(N(CCO)CCO)cc2)cc1. The molecule has 134 valence electrons. The highest BCUT2D eigenvalue weighted by atomic mass is 32.3. The molecule has 2 rings (SSSR count). The Bertz CT molecular complexity index is 802. The number of aliphatic hydroxyl groups excluding tert-OH is 2. The molecule has 0 amide bonds. The number of benzene rings is 2. The zero-order valence-corrected chi connectivity index (χ0v) is 14.1. The van der Waals surface area contributed by atoms with Crippen LogP contribution < -0.4 is 4.90 Å². The first-order valence-corrected chi connectivity index (χ1v) is 8.85. The van der Waals surface area contributed by atoms with Gasteiger partial charge in [0.15, 0.2) is 0 Å². The summed E-state index contributed by atoms with van der Waals surface area (Å²) in [5.41, 5.74) is 1.79. The Morgan fingerprint density at radius 3 is 1.68 bits per heavy atom. The molecule has 0 atom stereocenters. The summed E-state index contributed by atoms with van der Waals surface area (Å²) in [7, 11) is -4.72. The predicted molar refractivity (Wildman–Crippen MR) is 91.7 cm³/mol. The van der Waals surface area contributed by atoms with Gasteiger partial charge in [0.1, 0.15) is 0 Å². The Hall–Kier alpha value is -2.36. The van der Waals surface area contributed by atoms with E-state index >= 15 is 0 Å². The van der Waals surface area contributed by atoms with Gasteiger partial charge in [-0.05, 0) is 48.5 Å². The number of azo groups is 1. The van der Waals surface area contributed by atoms with E-state index in [0.29, 0.717) is 24.5 Å². The Labute approximate surface area is 145 Å². The normalized spacial score (nSPS) is 11.8. The second-order valence-electron chi connectivity index (χ2n) is 5.08. The molecule has 2 N–H and O–H groups in total. The largest absolute Gasteiger partial charge is 0.395 e. The molecular formula is C16H18FN3O4S. The van der Waals surface area contributed by atoms with Crippen LogP contribution >= 0.6 is 0 Å². The molecule has 0 saturated heterocycles. The van der Waals surface area contributed by atoms with Crippen LogP contribution in [-0.4, -0.2) is 44.9 Å². The quantitative estimate of drug-likeness (QED) is 0.551. The number of halogens is 1. The fraction of sp³-hybridized carbons (Fsp3) is 0.250. The molecule has 0 saturated carbocycles. The second kappa shape index (κ2) is 8.65. The maximum absolute atomic E-state index is 12.8. The molecule has 9 heteroatoms. The molecule has 0 aliphatic rings. The van der Waals surface area contributed by atoms with Crippen molar-refractivity contribution in [1.82, 2.24) is 0 Å². The van der Waals surface area contributed by atoms with Crippen LogP contribution in [0.25, 0.3) is 0 Å². The number of rotatable bonds is 8. The molecule has 0 bridgehead atoms. The second-order valence-corrected chi connectivity index (χ2v) is 6.43. The molecule has 0 heterocycles. The average Bonchev–Trinajstić information content (AvgIpc) is 2.60. The van der Waals surface area contributed by atoms with Gasteiger partial charge in [0.25, 0.3) is 0 Å². The Kier molecular flexibility index (Phi) is 6.57. The van der Waals surface area contributed by atoms with E-state index in [9.17, 15) is 12.3 Å². The van der Waals surface area contributed by atoms with Crippen molar-refractivity contribution >= 4 is 27.3 Å². The third-order valence-corrected chi connectivity index (χ3v) is 4.19. The Morgan fingerprint density at radius 2 is 1.28 bits per heavy atom. The maximum Gasteiger partial charge on any atom is 0.332 e. The predicted octanol–water partition coefficient (Wildman–Crippen LogP) is 2.55. The van der Waals surface area contributed by atoms with Crippen molar-refractivity contribution in [3.63, 3.8) is 0 Å². The number of nitrogens with zero attached hydrogens (tertiary/aromatic N) is 3. The van der Waals surface area contributed by atoms with E-state index in [2.05, 4.69) is 10.2 Å². The highest BCUT2D eigenvalue weighted by Gasteiger charge is 2.10. The molecule has 0 spiro atoms. The van der Waals surface area contributed by atoms with Gasteiger partial charge in [-0.15, -0.1) is 3.89 Å². The molecule has 0 aliphatic carbocycles. The van der Waals surface area contributed by atoms with E-state index in [1.54, 1.807) is 24.3 Å². The fourth-order valence-electron chi connectivity index (χ4n) is 2.13. The third-order valence-electron chi connectivity index (χ3n) is 3.35. The molecule has 0 aliphatic heterocycles. The molecule has 0 fully saturated rings. The number of aliphatic hydroxyl groups is 2.